The van der Waals surface area contributed by atoms with Crippen LogP contribution in [0.4, 0.5) is 10.2 Å². The number of halogens is 1. The summed E-state index contributed by atoms with van der Waals surface area (Å²) in [7, 11) is 1.41. The fourth-order valence-electron chi connectivity index (χ4n) is 2.59. The topological polar surface area (TPSA) is 64.1 Å². The first-order valence-corrected chi connectivity index (χ1v) is 6.99. The molecule has 110 valence electrons. The lowest BCUT2D eigenvalue weighted by molar-refractivity contribution is -0.146. The first-order valence-electron chi connectivity index (χ1n) is 6.99. The Balaban J connectivity index is 1.94. The van der Waals surface area contributed by atoms with Crippen molar-refractivity contribution in [3.8, 4) is 0 Å². The molecule has 2 rings (SSSR count). The van der Waals surface area contributed by atoms with Gasteiger partial charge >= 0.3 is 5.97 Å². The normalized spacial score (nSPS) is 22.4. The molecule has 1 fully saturated rings. The van der Waals surface area contributed by atoms with Crippen LogP contribution in [0, 0.1) is 11.7 Å². The minimum atomic E-state index is -0.370. The summed E-state index contributed by atoms with van der Waals surface area (Å²) in [5.74, 6) is -0.284. The lowest BCUT2D eigenvalue weighted by Gasteiger charge is -2.28. The van der Waals surface area contributed by atoms with Gasteiger partial charge in [-0.15, -0.1) is 0 Å². The van der Waals surface area contributed by atoms with E-state index in [0.717, 1.165) is 25.7 Å². The molecule has 6 heteroatoms. The zero-order valence-corrected chi connectivity index (χ0v) is 11.9. The standard InChI is InChI=1S/C14H20FN3O2/c1-3-11-12(15)13(17-8-16-11)18-10-6-4-9(5-7-10)14(19)20-2/h8-10H,3-7H2,1-2H3,(H,16,17,18). The van der Waals surface area contributed by atoms with Gasteiger partial charge in [0.25, 0.3) is 0 Å². The fourth-order valence-corrected chi connectivity index (χ4v) is 2.59. The molecule has 1 aromatic rings. The van der Waals surface area contributed by atoms with Crippen LogP contribution in [0.1, 0.15) is 38.3 Å². The van der Waals surface area contributed by atoms with Gasteiger partial charge in [0.2, 0.25) is 0 Å². The fraction of sp³-hybridized carbons (Fsp3) is 0.643. The quantitative estimate of drug-likeness (QED) is 0.858. The molecule has 0 unspecified atom stereocenters. The molecule has 0 bridgehead atoms. The Morgan fingerprint density at radius 1 is 1.40 bits per heavy atom. The second kappa shape index (κ2) is 6.63. The van der Waals surface area contributed by atoms with Crippen LogP contribution in [-0.2, 0) is 16.0 Å². The molecule has 0 amide bonds. The summed E-state index contributed by atoms with van der Waals surface area (Å²) in [5.41, 5.74) is 0.422. The SMILES string of the molecule is CCc1ncnc(NC2CCC(C(=O)OC)CC2)c1F. The molecule has 5 nitrogen and oxygen atoms in total. The van der Waals surface area contributed by atoms with E-state index in [-0.39, 0.29) is 29.6 Å². The van der Waals surface area contributed by atoms with E-state index in [9.17, 15) is 9.18 Å². The van der Waals surface area contributed by atoms with Crippen molar-refractivity contribution in [3.63, 3.8) is 0 Å². The third kappa shape index (κ3) is 3.23. The van der Waals surface area contributed by atoms with Crippen molar-refractivity contribution in [2.24, 2.45) is 5.92 Å². The van der Waals surface area contributed by atoms with Gasteiger partial charge in [-0.2, -0.15) is 0 Å². The molecule has 0 radical (unpaired) electrons. The van der Waals surface area contributed by atoms with Gasteiger partial charge in [0, 0.05) is 6.04 Å². The molecule has 1 saturated carbocycles. The zero-order chi connectivity index (χ0) is 14.5. The Labute approximate surface area is 118 Å². The summed E-state index contributed by atoms with van der Waals surface area (Å²) in [5, 5.41) is 3.12. The number of nitrogens with one attached hydrogen (secondary N) is 1. The molecular weight excluding hydrogens is 261 g/mol. The molecule has 1 N–H and O–H groups in total. The van der Waals surface area contributed by atoms with E-state index in [1.807, 2.05) is 6.92 Å². The highest BCUT2D eigenvalue weighted by atomic mass is 19.1. The van der Waals surface area contributed by atoms with Gasteiger partial charge < -0.3 is 10.1 Å². The number of nitrogens with zero attached hydrogens (tertiary/aromatic N) is 2. The average Bonchev–Trinajstić information content (AvgIpc) is 2.49. The number of aryl methyl sites for hydroxylation is 1. The lowest BCUT2D eigenvalue weighted by Crippen LogP contribution is -2.30. The van der Waals surface area contributed by atoms with E-state index in [1.165, 1.54) is 13.4 Å². The van der Waals surface area contributed by atoms with Gasteiger partial charge in [-0.3, -0.25) is 4.79 Å². The summed E-state index contributed by atoms with van der Waals surface area (Å²) in [4.78, 5) is 19.3. The second-order valence-corrected chi connectivity index (χ2v) is 5.05. The highest BCUT2D eigenvalue weighted by molar-refractivity contribution is 5.72. The van der Waals surface area contributed by atoms with E-state index >= 15 is 0 Å². The van der Waals surface area contributed by atoms with Gasteiger partial charge in [-0.05, 0) is 32.1 Å². The molecule has 20 heavy (non-hydrogen) atoms. The molecule has 1 aliphatic carbocycles. The molecule has 1 heterocycles. The lowest BCUT2D eigenvalue weighted by atomic mass is 9.86. The van der Waals surface area contributed by atoms with E-state index in [4.69, 9.17) is 4.74 Å². The van der Waals surface area contributed by atoms with Crippen molar-refractivity contribution in [1.29, 1.82) is 0 Å². The summed E-state index contributed by atoms with van der Waals surface area (Å²) >= 11 is 0. The monoisotopic (exact) mass is 281 g/mol. The van der Waals surface area contributed by atoms with E-state index in [0.29, 0.717) is 12.1 Å². The molecular formula is C14H20FN3O2. The summed E-state index contributed by atoms with van der Waals surface area (Å²) in [6.07, 6.45) is 5.06. The number of esters is 1. The van der Waals surface area contributed by atoms with Gasteiger partial charge in [0.05, 0.1) is 18.7 Å². The van der Waals surface area contributed by atoms with Crippen LogP contribution in [0.5, 0.6) is 0 Å². The number of carbonyl (C=O) groups excluding carboxylic acids is 1. The molecule has 0 aliphatic heterocycles. The molecule has 1 aliphatic rings. The highest BCUT2D eigenvalue weighted by Crippen LogP contribution is 2.27. The van der Waals surface area contributed by atoms with Gasteiger partial charge in [0.1, 0.15) is 6.33 Å². The highest BCUT2D eigenvalue weighted by Gasteiger charge is 2.27. The summed E-state index contributed by atoms with van der Waals surface area (Å²) in [6.45, 7) is 1.86. The minimum absolute atomic E-state index is 0.0282. The van der Waals surface area contributed by atoms with Gasteiger partial charge in [-0.25, -0.2) is 14.4 Å². The smallest absolute Gasteiger partial charge is 0.308 e. The Hall–Kier alpha value is -1.72. The van der Waals surface area contributed by atoms with E-state index in [2.05, 4.69) is 15.3 Å². The van der Waals surface area contributed by atoms with Crippen LogP contribution in [0.15, 0.2) is 6.33 Å². The predicted molar refractivity (Wildman–Crippen MR) is 72.8 cm³/mol. The third-order valence-electron chi connectivity index (χ3n) is 3.80. The van der Waals surface area contributed by atoms with Crippen LogP contribution >= 0.6 is 0 Å². The first-order chi connectivity index (χ1) is 9.65. The maximum Gasteiger partial charge on any atom is 0.308 e. The Morgan fingerprint density at radius 3 is 2.70 bits per heavy atom. The van der Waals surface area contributed by atoms with Crippen LogP contribution in [0.3, 0.4) is 0 Å². The maximum absolute atomic E-state index is 14.0. The van der Waals surface area contributed by atoms with E-state index < -0.39 is 0 Å². The van der Waals surface area contributed by atoms with Crippen molar-refractivity contribution in [3.05, 3.63) is 17.8 Å². The number of carbonyl (C=O) groups is 1. The number of hydrogen-bond acceptors (Lipinski definition) is 5. The van der Waals surface area contributed by atoms with Gasteiger partial charge in [0.15, 0.2) is 11.6 Å². The zero-order valence-electron chi connectivity index (χ0n) is 11.9. The van der Waals surface area contributed by atoms with Crippen LogP contribution < -0.4 is 5.32 Å². The summed E-state index contributed by atoms with van der Waals surface area (Å²) < 4.78 is 18.8. The summed E-state index contributed by atoms with van der Waals surface area (Å²) in [6, 6.07) is 0.144. The van der Waals surface area contributed by atoms with Crippen molar-refractivity contribution in [2.45, 2.75) is 45.1 Å². The number of rotatable bonds is 4. The van der Waals surface area contributed by atoms with Crippen LogP contribution in [0.25, 0.3) is 0 Å². The molecule has 0 atom stereocenters. The molecule has 1 aromatic heterocycles. The third-order valence-corrected chi connectivity index (χ3v) is 3.80. The minimum Gasteiger partial charge on any atom is -0.469 e. The number of ether oxygens (including phenoxy) is 1. The van der Waals surface area contributed by atoms with Crippen molar-refractivity contribution < 1.29 is 13.9 Å². The van der Waals surface area contributed by atoms with Crippen LogP contribution in [0.2, 0.25) is 0 Å². The Bertz CT molecular complexity index is 473. The van der Waals surface area contributed by atoms with Crippen LogP contribution in [-0.4, -0.2) is 29.1 Å². The van der Waals surface area contributed by atoms with Gasteiger partial charge in [-0.1, -0.05) is 6.92 Å². The number of methoxy groups -OCH3 is 1. The van der Waals surface area contributed by atoms with Crippen molar-refractivity contribution in [2.75, 3.05) is 12.4 Å². The largest absolute Gasteiger partial charge is 0.469 e. The number of anilines is 1. The van der Waals surface area contributed by atoms with Crippen molar-refractivity contribution >= 4 is 11.8 Å². The number of hydrogen-bond donors (Lipinski definition) is 1. The van der Waals surface area contributed by atoms with E-state index in [1.54, 1.807) is 0 Å². The average molecular weight is 281 g/mol. The predicted octanol–water partition coefficient (Wildman–Crippen LogP) is 2.32. The number of aromatic nitrogens is 2. The second-order valence-electron chi connectivity index (χ2n) is 5.05. The first kappa shape index (κ1) is 14.7. The molecule has 0 saturated heterocycles. The van der Waals surface area contributed by atoms with Crippen molar-refractivity contribution in [1.82, 2.24) is 9.97 Å². The Morgan fingerprint density at radius 2 is 2.10 bits per heavy atom. The molecule has 0 spiro atoms. The molecule has 0 aromatic carbocycles. The Kier molecular flexibility index (Phi) is 4.87. The maximum atomic E-state index is 14.0.